The van der Waals surface area contributed by atoms with E-state index in [-0.39, 0.29) is 11.9 Å². The lowest BCUT2D eigenvalue weighted by Crippen LogP contribution is -2.50. The maximum Gasteiger partial charge on any atom is 0.326 e. The summed E-state index contributed by atoms with van der Waals surface area (Å²) in [7, 11) is 0. The Morgan fingerprint density at radius 3 is 2.95 bits per heavy atom. The van der Waals surface area contributed by atoms with Crippen LogP contribution >= 0.6 is 11.8 Å². The lowest BCUT2D eigenvalue weighted by atomic mass is 9.93. The molecule has 0 radical (unpaired) electrons. The van der Waals surface area contributed by atoms with Crippen molar-refractivity contribution >= 4 is 23.6 Å². The van der Waals surface area contributed by atoms with Crippen LogP contribution in [0.15, 0.2) is 0 Å². The molecule has 0 spiro atoms. The summed E-state index contributed by atoms with van der Waals surface area (Å²) in [6.45, 7) is 0.894. The van der Waals surface area contributed by atoms with Crippen LogP contribution in [-0.4, -0.2) is 47.6 Å². The van der Waals surface area contributed by atoms with Crippen molar-refractivity contribution in [1.82, 2.24) is 10.6 Å². The van der Waals surface area contributed by atoms with E-state index in [4.69, 9.17) is 5.11 Å². The molecule has 2 aliphatic rings. The van der Waals surface area contributed by atoms with Crippen molar-refractivity contribution in [2.45, 2.75) is 37.8 Å². The molecule has 0 bridgehead atoms. The van der Waals surface area contributed by atoms with E-state index in [1.165, 1.54) is 12.8 Å². The van der Waals surface area contributed by atoms with Gasteiger partial charge in [-0.2, -0.15) is 11.8 Å². The molecule has 108 valence electrons. The molecule has 3 N–H and O–H groups in total. The van der Waals surface area contributed by atoms with E-state index in [0.717, 1.165) is 18.7 Å². The topological polar surface area (TPSA) is 78.4 Å². The minimum Gasteiger partial charge on any atom is -0.480 e. The Labute approximate surface area is 117 Å². The van der Waals surface area contributed by atoms with Crippen LogP contribution in [0.1, 0.15) is 25.7 Å². The van der Waals surface area contributed by atoms with Crippen LogP contribution in [0.4, 0.5) is 0 Å². The minimum absolute atomic E-state index is 0.136. The predicted octanol–water partition coefficient (Wildman–Crippen LogP) is 0.697. The second-order valence-corrected chi connectivity index (χ2v) is 6.41. The Bertz CT molecular complexity index is 351. The van der Waals surface area contributed by atoms with Crippen LogP contribution in [0.5, 0.6) is 0 Å². The number of amides is 1. The van der Waals surface area contributed by atoms with Crippen molar-refractivity contribution in [1.29, 1.82) is 0 Å². The standard InChI is InChI=1S/C13H22N2O3S/c1-19-6-5-10(13(17)18)15-12(16)11-9-4-2-3-8(9)7-14-11/h8-11,14H,2-7H2,1H3,(H,15,16)(H,17,18)/t8?,9?,10-,11?/m1/s1. The highest BCUT2D eigenvalue weighted by atomic mass is 32.2. The molecule has 1 amide bonds. The van der Waals surface area contributed by atoms with Gasteiger partial charge < -0.3 is 15.7 Å². The summed E-state index contributed by atoms with van der Waals surface area (Å²) in [5.74, 6) is 0.660. The van der Waals surface area contributed by atoms with Gasteiger partial charge in [-0.05, 0) is 49.7 Å². The maximum absolute atomic E-state index is 12.2. The largest absolute Gasteiger partial charge is 0.480 e. The summed E-state index contributed by atoms with van der Waals surface area (Å²) in [5.41, 5.74) is 0. The number of carboxylic acids is 1. The molecule has 0 aromatic carbocycles. The number of fused-ring (bicyclic) bond motifs is 1. The van der Waals surface area contributed by atoms with Crippen molar-refractivity contribution < 1.29 is 14.7 Å². The molecule has 4 atom stereocenters. The van der Waals surface area contributed by atoms with Crippen LogP contribution in [0.3, 0.4) is 0 Å². The Kier molecular flexibility index (Phi) is 5.10. The quantitative estimate of drug-likeness (QED) is 0.670. The van der Waals surface area contributed by atoms with Gasteiger partial charge in [-0.3, -0.25) is 4.79 Å². The smallest absolute Gasteiger partial charge is 0.326 e. The molecule has 19 heavy (non-hydrogen) atoms. The normalized spacial score (nSPS) is 30.9. The Morgan fingerprint density at radius 2 is 2.26 bits per heavy atom. The van der Waals surface area contributed by atoms with Gasteiger partial charge in [-0.1, -0.05) is 6.42 Å². The highest BCUT2D eigenvalue weighted by Gasteiger charge is 2.42. The number of carboxylic acid groups (broad SMARTS) is 1. The third-order valence-electron chi connectivity index (χ3n) is 4.25. The molecule has 0 aromatic rings. The summed E-state index contributed by atoms with van der Waals surface area (Å²) < 4.78 is 0. The summed E-state index contributed by atoms with van der Waals surface area (Å²) in [4.78, 5) is 23.4. The van der Waals surface area contributed by atoms with Gasteiger partial charge in [-0.15, -0.1) is 0 Å². The molecule has 5 nitrogen and oxygen atoms in total. The molecule has 3 unspecified atom stereocenters. The van der Waals surface area contributed by atoms with E-state index in [0.29, 0.717) is 18.3 Å². The van der Waals surface area contributed by atoms with Crippen molar-refractivity contribution in [3.05, 3.63) is 0 Å². The third-order valence-corrected chi connectivity index (χ3v) is 4.90. The molecule has 2 fully saturated rings. The SMILES string of the molecule is CSCC[C@@H](NC(=O)C1NCC2CCCC21)C(=O)O. The summed E-state index contributed by atoms with van der Waals surface area (Å²) >= 11 is 1.59. The zero-order valence-corrected chi connectivity index (χ0v) is 12.0. The van der Waals surface area contributed by atoms with Crippen LogP contribution in [0.25, 0.3) is 0 Å². The van der Waals surface area contributed by atoms with Crippen molar-refractivity contribution in [3.8, 4) is 0 Å². The number of hydrogen-bond acceptors (Lipinski definition) is 4. The van der Waals surface area contributed by atoms with Gasteiger partial charge >= 0.3 is 5.97 Å². The lowest BCUT2D eigenvalue weighted by Gasteiger charge is -2.21. The fraction of sp³-hybridized carbons (Fsp3) is 0.846. The summed E-state index contributed by atoms with van der Waals surface area (Å²) in [6, 6.07) is -0.953. The van der Waals surface area contributed by atoms with E-state index in [2.05, 4.69) is 10.6 Å². The average Bonchev–Trinajstić information content (AvgIpc) is 2.95. The number of carbonyl (C=O) groups excluding carboxylic acids is 1. The molecule has 0 aromatic heterocycles. The number of nitrogens with one attached hydrogen (secondary N) is 2. The molecular formula is C13H22N2O3S. The summed E-state index contributed by atoms with van der Waals surface area (Å²) in [6.07, 6.45) is 5.87. The summed E-state index contributed by atoms with van der Waals surface area (Å²) in [5, 5.41) is 15.1. The monoisotopic (exact) mass is 286 g/mol. The highest BCUT2D eigenvalue weighted by molar-refractivity contribution is 7.98. The number of thioether (sulfide) groups is 1. The van der Waals surface area contributed by atoms with Crippen molar-refractivity contribution in [2.24, 2.45) is 11.8 Å². The van der Waals surface area contributed by atoms with Gasteiger partial charge in [0.25, 0.3) is 0 Å². The van der Waals surface area contributed by atoms with E-state index in [9.17, 15) is 9.59 Å². The molecule has 1 aliphatic heterocycles. The maximum atomic E-state index is 12.2. The molecule has 6 heteroatoms. The highest BCUT2D eigenvalue weighted by Crippen LogP contribution is 2.37. The molecule has 1 saturated carbocycles. The van der Waals surface area contributed by atoms with Gasteiger partial charge in [0.1, 0.15) is 6.04 Å². The van der Waals surface area contributed by atoms with Gasteiger partial charge in [0, 0.05) is 0 Å². The van der Waals surface area contributed by atoms with E-state index in [1.54, 1.807) is 11.8 Å². The first-order valence-electron chi connectivity index (χ1n) is 6.89. The van der Waals surface area contributed by atoms with Crippen molar-refractivity contribution in [2.75, 3.05) is 18.6 Å². The number of carbonyl (C=O) groups is 2. The first-order valence-corrected chi connectivity index (χ1v) is 8.28. The zero-order valence-electron chi connectivity index (χ0n) is 11.2. The molecular weight excluding hydrogens is 264 g/mol. The van der Waals surface area contributed by atoms with Crippen LogP contribution in [0, 0.1) is 11.8 Å². The second kappa shape index (κ2) is 6.61. The molecule has 1 heterocycles. The number of rotatable bonds is 6. The molecule has 1 saturated heterocycles. The van der Waals surface area contributed by atoms with Crippen LogP contribution in [0.2, 0.25) is 0 Å². The fourth-order valence-electron chi connectivity index (χ4n) is 3.23. The van der Waals surface area contributed by atoms with E-state index >= 15 is 0 Å². The van der Waals surface area contributed by atoms with Gasteiger partial charge in [0.15, 0.2) is 0 Å². The average molecular weight is 286 g/mol. The Balaban J connectivity index is 1.90. The predicted molar refractivity (Wildman–Crippen MR) is 75.2 cm³/mol. The number of aliphatic carboxylic acids is 1. The van der Waals surface area contributed by atoms with E-state index < -0.39 is 12.0 Å². The molecule has 1 aliphatic carbocycles. The number of hydrogen-bond donors (Lipinski definition) is 3. The van der Waals surface area contributed by atoms with E-state index in [1.807, 2.05) is 6.26 Å². The Hall–Kier alpha value is -0.750. The minimum atomic E-state index is -0.941. The van der Waals surface area contributed by atoms with Gasteiger partial charge in [-0.25, -0.2) is 4.79 Å². The van der Waals surface area contributed by atoms with Gasteiger partial charge in [0.05, 0.1) is 6.04 Å². The molecule has 2 rings (SSSR count). The second-order valence-electron chi connectivity index (χ2n) is 5.42. The first kappa shape index (κ1) is 14.7. The fourth-order valence-corrected chi connectivity index (χ4v) is 3.70. The van der Waals surface area contributed by atoms with Crippen LogP contribution < -0.4 is 10.6 Å². The van der Waals surface area contributed by atoms with Crippen molar-refractivity contribution in [3.63, 3.8) is 0 Å². The zero-order chi connectivity index (χ0) is 13.8. The lowest BCUT2D eigenvalue weighted by molar-refractivity contribution is -0.142. The first-order chi connectivity index (χ1) is 9.13. The Morgan fingerprint density at radius 1 is 1.47 bits per heavy atom. The third kappa shape index (κ3) is 3.42. The van der Waals surface area contributed by atoms with Crippen LogP contribution in [-0.2, 0) is 9.59 Å². The van der Waals surface area contributed by atoms with Gasteiger partial charge in [0.2, 0.25) is 5.91 Å².